The molecule has 1 N–H and O–H groups in total. The van der Waals surface area contributed by atoms with E-state index in [4.69, 9.17) is 4.74 Å². The molecule has 0 aliphatic rings. The maximum absolute atomic E-state index is 13.0. The highest BCUT2D eigenvalue weighted by molar-refractivity contribution is 5.34. The number of hydrogen-bond acceptors (Lipinski definition) is 5. The molecule has 8 heteroatoms. The van der Waals surface area contributed by atoms with Crippen LogP contribution >= 0.6 is 0 Å². The van der Waals surface area contributed by atoms with Crippen molar-refractivity contribution in [3.8, 4) is 11.5 Å². The molecular formula is C28H28F3N3O2. The molecule has 0 fully saturated rings. The van der Waals surface area contributed by atoms with E-state index in [-0.39, 0.29) is 6.54 Å². The van der Waals surface area contributed by atoms with Crippen LogP contribution in [-0.4, -0.2) is 38.8 Å². The molecular weight excluding hydrogens is 467 g/mol. The van der Waals surface area contributed by atoms with Gasteiger partial charge in [0.15, 0.2) is 6.10 Å². The SMILES string of the molecule is Cc1cccc(CN(Cc2cccc(Oc3ccccc3)c2)CC(O)C(F)(F)F)c1.c1cncnc1. The molecule has 1 unspecified atom stereocenters. The summed E-state index contributed by atoms with van der Waals surface area (Å²) in [6.07, 6.45) is -2.20. The van der Waals surface area contributed by atoms with Gasteiger partial charge in [-0.1, -0.05) is 60.2 Å². The van der Waals surface area contributed by atoms with Crippen molar-refractivity contribution in [1.82, 2.24) is 14.9 Å². The summed E-state index contributed by atoms with van der Waals surface area (Å²) in [7, 11) is 0. The Bertz CT molecular complexity index is 1150. The van der Waals surface area contributed by atoms with E-state index in [1.807, 2.05) is 67.6 Å². The van der Waals surface area contributed by atoms with E-state index in [0.717, 1.165) is 16.7 Å². The van der Waals surface area contributed by atoms with Crippen LogP contribution in [0.3, 0.4) is 0 Å². The van der Waals surface area contributed by atoms with Gasteiger partial charge in [0.25, 0.3) is 0 Å². The monoisotopic (exact) mass is 495 g/mol. The fourth-order valence-electron chi connectivity index (χ4n) is 3.45. The van der Waals surface area contributed by atoms with Gasteiger partial charge in [-0.15, -0.1) is 0 Å². The van der Waals surface area contributed by atoms with Crippen molar-refractivity contribution in [2.75, 3.05) is 6.54 Å². The van der Waals surface area contributed by atoms with Crippen LogP contribution in [0.4, 0.5) is 13.2 Å². The fraction of sp³-hybridized carbons (Fsp3) is 0.214. The average molecular weight is 496 g/mol. The highest BCUT2D eigenvalue weighted by Gasteiger charge is 2.39. The zero-order chi connectivity index (χ0) is 25.8. The summed E-state index contributed by atoms with van der Waals surface area (Å²) < 4.78 is 44.7. The zero-order valence-electron chi connectivity index (χ0n) is 19.8. The molecule has 0 saturated carbocycles. The van der Waals surface area contributed by atoms with Gasteiger partial charge in [-0.2, -0.15) is 13.2 Å². The first-order valence-corrected chi connectivity index (χ1v) is 11.3. The number of aryl methyl sites for hydroxylation is 1. The maximum atomic E-state index is 13.0. The average Bonchev–Trinajstić information content (AvgIpc) is 2.86. The van der Waals surface area contributed by atoms with Gasteiger partial charge in [0.2, 0.25) is 0 Å². The number of nitrogens with zero attached hydrogens (tertiary/aromatic N) is 3. The number of alkyl halides is 3. The van der Waals surface area contributed by atoms with Gasteiger partial charge in [-0.3, -0.25) is 4.90 Å². The summed E-state index contributed by atoms with van der Waals surface area (Å²) >= 11 is 0. The van der Waals surface area contributed by atoms with Gasteiger partial charge in [-0.05, 0) is 48.4 Å². The Morgan fingerprint density at radius 3 is 1.97 bits per heavy atom. The summed E-state index contributed by atoms with van der Waals surface area (Å²) in [6, 6.07) is 25.9. The van der Waals surface area contributed by atoms with E-state index < -0.39 is 18.8 Å². The predicted octanol–water partition coefficient (Wildman–Crippen LogP) is 6.19. The van der Waals surface area contributed by atoms with Crippen LogP contribution in [0.5, 0.6) is 11.5 Å². The molecule has 5 nitrogen and oxygen atoms in total. The largest absolute Gasteiger partial charge is 0.457 e. The second-order valence-corrected chi connectivity index (χ2v) is 8.18. The first-order valence-electron chi connectivity index (χ1n) is 11.3. The third-order valence-electron chi connectivity index (χ3n) is 5.06. The third kappa shape index (κ3) is 9.48. The molecule has 0 aliphatic carbocycles. The highest BCUT2D eigenvalue weighted by atomic mass is 19.4. The molecule has 0 aliphatic heterocycles. The predicted molar refractivity (Wildman–Crippen MR) is 132 cm³/mol. The Kier molecular flexibility index (Phi) is 9.97. The van der Waals surface area contributed by atoms with Crippen molar-refractivity contribution in [3.05, 3.63) is 120 Å². The first kappa shape index (κ1) is 26.8. The lowest BCUT2D eigenvalue weighted by Crippen LogP contribution is -2.40. The lowest BCUT2D eigenvalue weighted by molar-refractivity contribution is -0.208. The summed E-state index contributed by atoms with van der Waals surface area (Å²) in [5.41, 5.74) is 2.72. The minimum Gasteiger partial charge on any atom is -0.457 e. The molecule has 188 valence electrons. The molecule has 0 saturated heterocycles. The zero-order valence-corrected chi connectivity index (χ0v) is 19.8. The molecule has 0 bridgehead atoms. The normalized spacial score (nSPS) is 11.9. The lowest BCUT2D eigenvalue weighted by Gasteiger charge is -2.26. The molecule has 4 aromatic rings. The van der Waals surface area contributed by atoms with Gasteiger partial charge < -0.3 is 9.84 Å². The second-order valence-electron chi connectivity index (χ2n) is 8.18. The van der Waals surface area contributed by atoms with Crippen LogP contribution < -0.4 is 4.74 Å². The van der Waals surface area contributed by atoms with Crippen molar-refractivity contribution < 1.29 is 23.0 Å². The molecule has 0 amide bonds. The minimum atomic E-state index is -4.66. The topological polar surface area (TPSA) is 58.5 Å². The third-order valence-corrected chi connectivity index (χ3v) is 5.06. The number of aromatic nitrogens is 2. The molecule has 1 atom stereocenters. The fourth-order valence-corrected chi connectivity index (χ4v) is 3.45. The van der Waals surface area contributed by atoms with Gasteiger partial charge in [0, 0.05) is 32.0 Å². The minimum absolute atomic E-state index is 0.243. The van der Waals surface area contributed by atoms with Crippen LogP contribution in [0.2, 0.25) is 0 Å². The highest BCUT2D eigenvalue weighted by Crippen LogP contribution is 2.25. The van der Waals surface area contributed by atoms with Gasteiger partial charge in [0.05, 0.1) is 0 Å². The number of benzene rings is 3. The van der Waals surface area contributed by atoms with E-state index >= 15 is 0 Å². The van der Waals surface area contributed by atoms with E-state index in [9.17, 15) is 18.3 Å². The number of aliphatic hydroxyl groups excluding tert-OH is 1. The van der Waals surface area contributed by atoms with E-state index in [1.54, 1.807) is 41.6 Å². The Morgan fingerprint density at radius 1 is 0.806 bits per heavy atom. The van der Waals surface area contributed by atoms with E-state index in [2.05, 4.69) is 9.97 Å². The summed E-state index contributed by atoms with van der Waals surface area (Å²) in [5.74, 6) is 1.28. The number of para-hydroxylation sites is 1. The standard InChI is InChI=1S/C24H24F3NO2.C4H4N2/c1-18-7-5-8-19(13-18)15-28(17-23(29)24(25,26)27)16-20-9-6-12-22(14-20)30-21-10-3-2-4-11-21;1-2-5-4-6-3-1/h2-14,23,29H,15-17H2,1H3;1-4H. The number of ether oxygens (including phenoxy) is 1. The van der Waals surface area contributed by atoms with Gasteiger partial charge in [0.1, 0.15) is 17.8 Å². The van der Waals surface area contributed by atoms with Crippen molar-refractivity contribution >= 4 is 0 Å². The quantitative estimate of drug-likeness (QED) is 0.316. The van der Waals surface area contributed by atoms with Crippen LogP contribution in [-0.2, 0) is 13.1 Å². The molecule has 4 rings (SSSR count). The Morgan fingerprint density at radius 2 is 1.42 bits per heavy atom. The Labute approximate surface area is 208 Å². The number of hydrogen-bond donors (Lipinski definition) is 1. The lowest BCUT2D eigenvalue weighted by atomic mass is 10.1. The van der Waals surface area contributed by atoms with E-state index in [0.29, 0.717) is 18.0 Å². The number of rotatable bonds is 8. The second kappa shape index (κ2) is 13.4. The molecule has 0 radical (unpaired) electrons. The smallest absolute Gasteiger partial charge is 0.415 e. The first-order chi connectivity index (χ1) is 17.3. The van der Waals surface area contributed by atoms with Crippen LogP contribution in [0.15, 0.2) is 104 Å². The van der Waals surface area contributed by atoms with Crippen molar-refractivity contribution in [3.63, 3.8) is 0 Å². The van der Waals surface area contributed by atoms with Gasteiger partial charge >= 0.3 is 6.18 Å². The summed E-state index contributed by atoms with van der Waals surface area (Å²) in [5, 5.41) is 9.62. The molecule has 1 aromatic heterocycles. The van der Waals surface area contributed by atoms with Crippen molar-refractivity contribution in [1.29, 1.82) is 0 Å². The molecule has 1 heterocycles. The number of aliphatic hydroxyl groups is 1. The summed E-state index contributed by atoms with van der Waals surface area (Å²) in [4.78, 5) is 8.94. The van der Waals surface area contributed by atoms with Crippen molar-refractivity contribution in [2.45, 2.75) is 32.3 Å². The number of halogens is 3. The summed E-state index contributed by atoms with van der Waals surface area (Å²) in [6.45, 7) is 1.95. The Hall–Kier alpha value is -3.75. The maximum Gasteiger partial charge on any atom is 0.415 e. The molecule has 0 spiro atoms. The molecule has 3 aromatic carbocycles. The van der Waals surface area contributed by atoms with Crippen LogP contribution in [0.1, 0.15) is 16.7 Å². The Balaban J connectivity index is 0.000000526. The van der Waals surface area contributed by atoms with Gasteiger partial charge in [-0.25, -0.2) is 9.97 Å². The van der Waals surface area contributed by atoms with Crippen molar-refractivity contribution in [2.24, 2.45) is 0 Å². The molecule has 36 heavy (non-hydrogen) atoms. The van der Waals surface area contributed by atoms with Crippen LogP contribution in [0, 0.1) is 6.92 Å². The van der Waals surface area contributed by atoms with Crippen LogP contribution in [0.25, 0.3) is 0 Å². The van der Waals surface area contributed by atoms with E-state index in [1.165, 1.54) is 6.33 Å².